The number of aliphatic imine (C=N–C) groups is 1. The normalized spacial score (nSPS) is 25.4. The van der Waals surface area contributed by atoms with Gasteiger partial charge in [-0.3, -0.25) is 9.78 Å². The zero-order valence-electron chi connectivity index (χ0n) is 16.2. The average Bonchev–Trinajstić information content (AvgIpc) is 3.09. The van der Waals surface area contributed by atoms with Gasteiger partial charge in [0, 0.05) is 17.4 Å². The molecule has 2 aliphatic heterocycles. The highest BCUT2D eigenvalue weighted by molar-refractivity contribution is 6.02. The minimum Gasteiger partial charge on any atom is -0.465 e. The van der Waals surface area contributed by atoms with Crippen molar-refractivity contribution < 1.29 is 31.8 Å². The summed E-state index contributed by atoms with van der Waals surface area (Å²) in [4.78, 5) is 20.5. The first kappa shape index (κ1) is 21.0. The van der Waals surface area contributed by atoms with Gasteiger partial charge in [-0.2, -0.15) is 13.2 Å². The second-order valence-corrected chi connectivity index (χ2v) is 7.43. The highest BCUT2D eigenvalue weighted by atomic mass is 19.4. The van der Waals surface area contributed by atoms with Gasteiger partial charge in [0.25, 0.3) is 11.9 Å². The number of carbonyl (C=O) groups is 1. The fourth-order valence-corrected chi connectivity index (χ4v) is 3.83. The molecule has 3 N–H and O–H groups in total. The van der Waals surface area contributed by atoms with Crippen LogP contribution in [-0.4, -0.2) is 42.4 Å². The molecule has 0 radical (unpaired) electrons. The van der Waals surface area contributed by atoms with Gasteiger partial charge in [-0.05, 0) is 36.8 Å². The number of aryl methyl sites for hydroxylation is 1. The lowest BCUT2D eigenvalue weighted by atomic mass is 9.77. The summed E-state index contributed by atoms with van der Waals surface area (Å²) >= 11 is 0. The fourth-order valence-electron chi connectivity index (χ4n) is 3.83. The first-order chi connectivity index (χ1) is 14.6. The number of rotatable bonds is 3. The Labute approximate surface area is 174 Å². The fraction of sp³-hybridized carbons (Fsp3) is 0.350. The molecule has 1 amide bonds. The molecule has 31 heavy (non-hydrogen) atoms. The van der Waals surface area contributed by atoms with Crippen molar-refractivity contribution in [1.29, 1.82) is 0 Å². The van der Waals surface area contributed by atoms with Crippen molar-refractivity contribution in [2.75, 3.05) is 18.5 Å². The number of amides is 1. The number of anilines is 1. The average molecular weight is 438 g/mol. The van der Waals surface area contributed by atoms with E-state index in [0.29, 0.717) is 0 Å². The van der Waals surface area contributed by atoms with Gasteiger partial charge in [-0.25, -0.2) is 9.38 Å². The number of nitrogens with two attached hydrogens (primary N) is 1. The van der Waals surface area contributed by atoms with E-state index in [1.807, 2.05) is 6.92 Å². The maximum absolute atomic E-state index is 14.8. The lowest BCUT2D eigenvalue weighted by molar-refractivity contribution is -0.219. The molecule has 1 aromatic carbocycles. The Balaban J connectivity index is 1.71. The van der Waals surface area contributed by atoms with Crippen molar-refractivity contribution in [3.05, 3.63) is 59.2 Å². The summed E-state index contributed by atoms with van der Waals surface area (Å²) in [6.45, 7) is 0.831. The number of hydrogen-bond donors (Lipinski definition) is 2. The molecule has 4 rings (SSSR count). The Morgan fingerprint density at radius 3 is 2.74 bits per heavy atom. The number of nitrogens with one attached hydrogen (secondary N) is 1. The highest BCUT2D eigenvalue weighted by Crippen LogP contribution is 2.50. The largest absolute Gasteiger partial charge is 0.465 e. The van der Waals surface area contributed by atoms with Crippen LogP contribution < -0.4 is 11.1 Å². The van der Waals surface area contributed by atoms with Gasteiger partial charge in [-0.1, -0.05) is 6.07 Å². The predicted octanol–water partition coefficient (Wildman–Crippen LogP) is 2.90. The van der Waals surface area contributed by atoms with Crippen molar-refractivity contribution in [1.82, 2.24) is 4.98 Å². The van der Waals surface area contributed by atoms with Crippen LogP contribution in [0.5, 0.6) is 0 Å². The van der Waals surface area contributed by atoms with Crippen LogP contribution in [0, 0.1) is 18.7 Å². The Bertz CT molecular complexity index is 1040. The van der Waals surface area contributed by atoms with E-state index in [-0.39, 0.29) is 23.0 Å². The van der Waals surface area contributed by atoms with E-state index in [2.05, 4.69) is 15.3 Å². The van der Waals surface area contributed by atoms with E-state index in [1.54, 1.807) is 6.07 Å². The van der Waals surface area contributed by atoms with E-state index in [1.165, 1.54) is 24.4 Å². The Morgan fingerprint density at radius 2 is 2.06 bits per heavy atom. The molecule has 2 aromatic rings. The summed E-state index contributed by atoms with van der Waals surface area (Å²) in [5, 5.41) is 2.57. The molecule has 0 saturated carbocycles. The molecule has 0 unspecified atom stereocenters. The molecular formula is C20H18F4N4O3. The quantitative estimate of drug-likeness (QED) is 0.718. The third kappa shape index (κ3) is 3.80. The number of aromatic nitrogens is 1. The first-order valence-corrected chi connectivity index (χ1v) is 9.30. The maximum atomic E-state index is 14.8. The van der Waals surface area contributed by atoms with Crippen molar-refractivity contribution in [2.24, 2.45) is 16.6 Å². The number of ether oxygens (including phenoxy) is 2. The van der Waals surface area contributed by atoms with Crippen LogP contribution >= 0.6 is 0 Å². The summed E-state index contributed by atoms with van der Waals surface area (Å²) in [6.07, 6.45) is -5.38. The van der Waals surface area contributed by atoms with Gasteiger partial charge in [0.1, 0.15) is 17.1 Å². The van der Waals surface area contributed by atoms with Crippen LogP contribution in [0.3, 0.4) is 0 Å². The molecule has 3 atom stereocenters. The molecule has 1 fully saturated rings. The van der Waals surface area contributed by atoms with Gasteiger partial charge in [0.05, 0.1) is 19.1 Å². The molecule has 1 aromatic heterocycles. The number of amidine groups is 1. The third-order valence-corrected chi connectivity index (χ3v) is 5.34. The van der Waals surface area contributed by atoms with Crippen LogP contribution in [0.15, 0.2) is 41.5 Å². The number of pyridine rings is 1. The summed E-state index contributed by atoms with van der Waals surface area (Å²) in [5.74, 6) is -2.71. The number of carbonyl (C=O) groups excluding carboxylic acids is 1. The monoisotopic (exact) mass is 438 g/mol. The number of alkyl halides is 3. The van der Waals surface area contributed by atoms with Crippen molar-refractivity contribution in [3.8, 4) is 0 Å². The van der Waals surface area contributed by atoms with Crippen LogP contribution in [0.2, 0.25) is 0 Å². The van der Waals surface area contributed by atoms with Crippen molar-refractivity contribution >= 4 is 17.6 Å². The zero-order valence-corrected chi connectivity index (χ0v) is 16.2. The highest BCUT2D eigenvalue weighted by Gasteiger charge is 2.62. The van der Waals surface area contributed by atoms with Gasteiger partial charge >= 0.3 is 6.18 Å². The smallest absolute Gasteiger partial charge is 0.415 e. The number of fused-ring (bicyclic) bond motifs is 1. The Kier molecular flexibility index (Phi) is 5.08. The minimum absolute atomic E-state index is 0.127. The van der Waals surface area contributed by atoms with Gasteiger partial charge in [0.15, 0.2) is 6.10 Å². The van der Waals surface area contributed by atoms with E-state index >= 15 is 0 Å². The molecule has 3 heterocycles. The Hall–Kier alpha value is -3.21. The lowest BCUT2D eigenvalue weighted by Gasteiger charge is -2.36. The molecule has 11 heteroatoms. The summed E-state index contributed by atoms with van der Waals surface area (Å²) < 4.78 is 65.2. The molecule has 0 spiro atoms. The summed E-state index contributed by atoms with van der Waals surface area (Å²) in [6, 6.07) is 6.43. The lowest BCUT2D eigenvalue weighted by Crippen LogP contribution is -2.48. The number of benzene rings is 1. The molecule has 7 nitrogen and oxygen atoms in total. The maximum Gasteiger partial charge on any atom is 0.415 e. The Morgan fingerprint density at radius 1 is 1.29 bits per heavy atom. The van der Waals surface area contributed by atoms with Crippen LogP contribution in [-0.2, 0) is 15.0 Å². The first-order valence-electron chi connectivity index (χ1n) is 9.30. The van der Waals surface area contributed by atoms with Gasteiger partial charge in [-0.15, -0.1) is 0 Å². The van der Waals surface area contributed by atoms with Crippen molar-refractivity contribution in [2.45, 2.75) is 24.7 Å². The van der Waals surface area contributed by atoms with Gasteiger partial charge < -0.3 is 20.5 Å². The molecule has 1 saturated heterocycles. The third-order valence-electron chi connectivity index (χ3n) is 5.34. The van der Waals surface area contributed by atoms with E-state index < -0.39 is 48.7 Å². The van der Waals surface area contributed by atoms with E-state index in [0.717, 1.165) is 11.6 Å². The molecule has 164 valence electrons. The predicted molar refractivity (Wildman–Crippen MR) is 102 cm³/mol. The molecule has 2 aliphatic rings. The van der Waals surface area contributed by atoms with Crippen molar-refractivity contribution in [3.63, 3.8) is 0 Å². The molecular weight excluding hydrogens is 420 g/mol. The minimum atomic E-state index is -4.70. The van der Waals surface area contributed by atoms with Crippen LogP contribution in [0.1, 0.15) is 21.6 Å². The second kappa shape index (κ2) is 7.49. The van der Waals surface area contributed by atoms with Crippen LogP contribution in [0.25, 0.3) is 0 Å². The zero-order chi connectivity index (χ0) is 22.4. The number of hydrogen-bond acceptors (Lipinski definition) is 6. The second-order valence-electron chi connectivity index (χ2n) is 7.43. The molecule has 0 aliphatic carbocycles. The summed E-state index contributed by atoms with van der Waals surface area (Å²) in [5.41, 5.74) is 4.85. The van der Waals surface area contributed by atoms with Crippen LogP contribution in [0.4, 0.5) is 23.2 Å². The number of halogens is 4. The van der Waals surface area contributed by atoms with Gasteiger partial charge in [0.2, 0.25) is 0 Å². The topological polar surface area (TPSA) is 98.8 Å². The standard InChI is InChI=1S/C20H18F4N4O3/c1-10-2-5-15(26-7-10)17(29)27-11-3-4-14(21)12(6-11)19-9-31-16(20(22,23)24)13(19)8-30-18(25)28-19/h2-7,13,16H,8-9H2,1H3,(H2,25,28)(H,27,29)/t13-,16+,19-/m1/s1. The van der Waals surface area contributed by atoms with E-state index in [9.17, 15) is 22.4 Å². The van der Waals surface area contributed by atoms with E-state index in [4.69, 9.17) is 15.2 Å². The SMILES string of the molecule is Cc1ccc(C(=O)Nc2ccc(F)c([C@]34CO[C@H](C(F)(F)F)[C@H]3COC(N)=N4)c2)nc1. The molecule has 0 bridgehead atoms. The summed E-state index contributed by atoms with van der Waals surface area (Å²) in [7, 11) is 0. The number of nitrogens with zero attached hydrogens (tertiary/aromatic N) is 2.